The summed E-state index contributed by atoms with van der Waals surface area (Å²) in [5.41, 5.74) is 4.73. The molecule has 2 aromatic carbocycles. The lowest BCUT2D eigenvalue weighted by Gasteiger charge is -2.66. The van der Waals surface area contributed by atoms with Gasteiger partial charge in [0.2, 0.25) is 5.95 Å². The number of allylic oxidation sites excluding steroid dienone is 1. The van der Waals surface area contributed by atoms with Gasteiger partial charge in [-0.2, -0.15) is 20.5 Å². The number of nitrogens with zero attached hydrogens (tertiary/aromatic N) is 6. The van der Waals surface area contributed by atoms with E-state index in [9.17, 15) is 5.26 Å². The largest absolute Gasteiger partial charge is 0.497 e. The highest BCUT2D eigenvalue weighted by atomic mass is 16.5. The van der Waals surface area contributed by atoms with E-state index in [2.05, 4.69) is 16.4 Å². The summed E-state index contributed by atoms with van der Waals surface area (Å²) in [6, 6.07) is 16.3. The topological polar surface area (TPSA) is 122 Å². The van der Waals surface area contributed by atoms with Crippen molar-refractivity contribution in [3.8, 4) is 29.5 Å². The molecule has 3 aliphatic rings. The Kier molecular flexibility index (Phi) is 5.73. The van der Waals surface area contributed by atoms with Gasteiger partial charge < -0.3 is 19.4 Å². The van der Waals surface area contributed by atoms with Crippen molar-refractivity contribution < 1.29 is 9.47 Å². The van der Waals surface area contributed by atoms with E-state index in [1.807, 2.05) is 60.9 Å². The molecule has 2 heterocycles. The lowest BCUT2D eigenvalue weighted by molar-refractivity contribution is -0.0665. The van der Waals surface area contributed by atoms with Crippen LogP contribution in [0.1, 0.15) is 41.5 Å². The number of nitrogens with one attached hydrogen (secondary N) is 1. The van der Waals surface area contributed by atoms with Crippen molar-refractivity contribution in [3.05, 3.63) is 71.1 Å². The molecule has 3 fully saturated rings. The molecule has 39 heavy (non-hydrogen) atoms. The van der Waals surface area contributed by atoms with Crippen molar-refractivity contribution in [2.75, 3.05) is 12.4 Å². The van der Waals surface area contributed by atoms with Crippen molar-refractivity contribution in [2.24, 2.45) is 5.41 Å². The Morgan fingerprint density at radius 2 is 1.79 bits per heavy atom. The molecule has 3 aliphatic carbocycles. The molecule has 7 rings (SSSR count). The second kappa shape index (κ2) is 9.14. The molecule has 1 N–H and O–H groups in total. The van der Waals surface area contributed by atoms with Crippen molar-refractivity contribution in [1.29, 1.82) is 10.5 Å². The maximum absolute atomic E-state index is 9.45. The van der Waals surface area contributed by atoms with Gasteiger partial charge in [0, 0.05) is 11.6 Å². The molecule has 0 spiro atoms. The lowest BCUT2D eigenvalue weighted by Crippen LogP contribution is -2.70. The molecule has 194 valence electrons. The van der Waals surface area contributed by atoms with Crippen LogP contribution in [0.4, 0.5) is 5.95 Å². The fourth-order valence-electron chi connectivity index (χ4n) is 5.84. The van der Waals surface area contributed by atoms with Crippen LogP contribution in [0.15, 0.2) is 48.8 Å². The van der Waals surface area contributed by atoms with Crippen LogP contribution in [0.2, 0.25) is 0 Å². The minimum absolute atomic E-state index is 0.137. The van der Waals surface area contributed by atoms with Crippen molar-refractivity contribution in [3.63, 3.8) is 0 Å². The lowest BCUT2D eigenvalue weighted by atomic mass is 9.40. The highest BCUT2D eigenvalue weighted by Crippen LogP contribution is 2.67. The van der Waals surface area contributed by atoms with Gasteiger partial charge in [0.05, 0.1) is 37.5 Å². The van der Waals surface area contributed by atoms with Gasteiger partial charge in [-0.3, -0.25) is 0 Å². The summed E-state index contributed by atoms with van der Waals surface area (Å²) in [7, 11) is 1.65. The highest BCUT2D eigenvalue weighted by molar-refractivity contribution is 5.78. The number of imidazole rings is 1. The van der Waals surface area contributed by atoms with Crippen molar-refractivity contribution in [1.82, 2.24) is 19.5 Å². The van der Waals surface area contributed by atoms with Crippen molar-refractivity contribution >= 4 is 23.2 Å². The van der Waals surface area contributed by atoms with Crippen LogP contribution in [-0.4, -0.2) is 32.2 Å². The van der Waals surface area contributed by atoms with Gasteiger partial charge in [-0.1, -0.05) is 12.1 Å². The predicted molar refractivity (Wildman–Crippen MR) is 146 cm³/mol. The van der Waals surface area contributed by atoms with Gasteiger partial charge in [0.15, 0.2) is 11.2 Å². The minimum Gasteiger partial charge on any atom is -0.497 e. The first kappa shape index (κ1) is 24.4. The number of aromatic nitrogens is 4. The molecular formula is C30H27N7O2. The minimum atomic E-state index is -0.192. The Morgan fingerprint density at radius 1 is 1.08 bits per heavy atom. The number of benzene rings is 2. The maximum atomic E-state index is 9.45. The fourth-order valence-corrected chi connectivity index (χ4v) is 5.84. The Hall–Kier alpha value is -4.89. The molecule has 0 atom stereocenters. The second-order valence-electron chi connectivity index (χ2n) is 10.6. The predicted octanol–water partition coefficient (Wildman–Crippen LogP) is 5.69. The summed E-state index contributed by atoms with van der Waals surface area (Å²) in [5.74, 6) is 2.31. The summed E-state index contributed by atoms with van der Waals surface area (Å²) >= 11 is 0. The number of aryl methyl sites for hydroxylation is 2. The molecule has 0 unspecified atom stereocenters. The van der Waals surface area contributed by atoms with Gasteiger partial charge in [-0.15, -0.1) is 0 Å². The summed E-state index contributed by atoms with van der Waals surface area (Å²) in [5, 5.41) is 21.8. The zero-order chi connectivity index (χ0) is 27.2. The third-order valence-electron chi connectivity index (χ3n) is 7.62. The second-order valence-corrected chi connectivity index (χ2v) is 10.6. The zero-order valence-electron chi connectivity index (χ0n) is 22.0. The molecule has 0 aliphatic heterocycles. The first-order valence-electron chi connectivity index (χ1n) is 12.8. The number of hydrogen-bond acceptors (Lipinski definition) is 8. The molecule has 9 nitrogen and oxygen atoms in total. The van der Waals surface area contributed by atoms with Gasteiger partial charge in [-0.05, 0) is 85.7 Å². The van der Waals surface area contributed by atoms with Crippen LogP contribution in [0, 0.1) is 41.9 Å². The van der Waals surface area contributed by atoms with Crippen LogP contribution >= 0.6 is 0 Å². The van der Waals surface area contributed by atoms with Gasteiger partial charge in [0.25, 0.3) is 5.88 Å². The molecule has 3 saturated carbocycles. The van der Waals surface area contributed by atoms with E-state index < -0.39 is 0 Å². The van der Waals surface area contributed by atoms with Gasteiger partial charge >= 0.3 is 0 Å². The molecule has 9 heteroatoms. The standard InChI is InChI=1S/C30H27N7O2/c1-19-11-22(5-4-10-31)12-20(2)25(19)39-27-24-26(34-28(35-27)36-30-14-29(15-30,16-30)17-32)37(18-33-24)13-21-6-8-23(38-3)9-7-21/h4-9,11-12,18H,13-16H2,1-3H3,(H,34,35,36)/b5-4+. The zero-order valence-corrected chi connectivity index (χ0v) is 22.0. The quantitative estimate of drug-likeness (QED) is 0.296. The van der Waals surface area contributed by atoms with Gasteiger partial charge in [-0.25, -0.2) is 4.98 Å². The molecule has 4 aromatic rings. The molecular weight excluding hydrogens is 490 g/mol. The Morgan fingerprint density at radius 3 is 2.44 bits per heavy atom. The van der Waals surface area contributed by atoms with Crippen molar-refractivity contribution in [2.45, 2.75) is 45.2 Å². The average Bonchev–Trinajstić information content (AvgIpc) is 3.29. The summed E-state index contributed by atoms with van der Waals surface area (Å²) in [6.07, 6.45) is 7.38. The van der Waals surface area contributed by atoms with E-state index >= 15 is 0 Å². The Labute approximate surface area is 226 Å². The first-order valence-corrected chi connectivity index (χ1v) is 12.8. The molecule has 0 radical (unpaired) electrons. The van der Waals surface area contributed by atoms with E-state index in [1.54, 1.807) is 19.5 Å². The van der Waals surface area contributed by atoms with E-state index in [4.69, 9.17) is 24.7 Å². The molecule has 0 saturated heterocycles. The molecule has 2 aromatic heterocycles. The summed E-state index contributed by atoms with van der Waals surface area (Å²) in [6.45, 7) is 4.50. The Balaban J connectivity index is 1.37. The van der Waals surface area contributed by atoms with Gasteiger partial charge in [0.1, 0.15) is 11.5 Å². The normalized spacial score (nSPS) is 21.1. The SMILES string of the molecule is COc1ccc(Cn2cnc3c(Oc4c(C)cc(/C=C/C#N)cc4C)nc(NC45CC(C#N)(C4)C5)nc32)cc1. The smallest absolute Gasteiger partial charge is 0.252 e. The van der Waals surface area contributed by atoms with E-state index in [-0.39, 0.29) is 11.0 Å². The number of nitriles is 2. The third kappa shape index (κ3) is 4.32. The van der Waals surface area contributed by atoms with E-state index in [0.717, 1.165) is 47.3 Å². The fraction of sp³-hybridized carbons (Fsp3) is 0.300. The van der Waals surface area contributed by atoms with E-state index in [1.165, 1.54) is 6.08 Å². The Bertz CT molecular complexity index is 1660. The number of rotatable bonds is 8. The summed E-state index contributed by atoms with van der Waals surface area (Å²) in [4.78, 5) is 14.2. The van der Waals surface area contributed by atoms with Crippen LogP contribution in [0.3, 0.4) is 0 Å². The number of hydrogen-bond donors (Lipinski definition) is 1. The number of methoxy groups -OCH3 is 1. The van der Waals surface area contributed by atoms with Crippen LogP contribution < -0.4 is 14.8 Å². The third-order valence-corrected chi connectivity index (χ3v) is 7.62. The first-order chi connectivity index (χ1) is 18.8. The number of anilines is 1. The van der Waals surface area contributed by atoms with Crippen LogP contribution in [0.5, 0.6) is 17.4 Å². The van der Waals surface area contributed by atoms with Crippen LogP contribution in [0.25, 0.3) is 17.2 Å². The number of ether oxygens (including phenoxy) is 2. The maximum Gasteiger partial charge on any atom is 0.252 e. The molecule has 2 bridgehead atoms. The van der Waals surface area contributed by atoms with Crippen LogP contribution in [-0.2, 0) is 6.54 Å². The average molecular weight is 518 g/mol. The highest BCUT2D eigenvalue weighted by Gasteiger charge is 2.69. The monoisotopic (exact) mass is 517 g/mol. The molecule has 0 amide bonds. The number of fused-ring (bicyclic) bond motifs is 1. The summed E-state index contributed by atoms with van der Waals surface area (Å²) < 4.78 is 13.7. The van der Waals surface area contributed by atoms with E-state index in [0.29, 0.717) is 35.3 Å².